The third-order valence-corrected chi connectivity index (χ3v) is 2.58. The second-order valence-corrected chi connectivity index (χ2v) is 4.19. The van der Waals surface area contributed by atoms with Crippen molar-refractivity contribution >= 4 is 17.3 Å². The van der Waals surface area contributed by atoms with Gasteiger partial charge in [-0.25, -0.2) is 4.39 Å². The van der Waals surface area contributed by atoms with Gasteiger partial charge in [-0.05, 0) is 0 Å². The van der Waals surface area contributed by atoms with E-state index in [1.54, 1.807) is 26.0 Å². The van der Waals surface area contributed by atoms with Gasteiger partial charge in [-0.15, -0.1) is 0 Å². The topological polar surface area (TPSA) is 58.8 Å². The third-order valence-electron chi connectivity index (χ3n) is 2.58. The van der Waals surface area contributed by atoms with Crippen LogP contribution >= 0.6 is 0 Å². The summed E-state index contributed by atoms with van der Waals surface area (Å²) < 4.78 is 18.3. The van der Waals surface area contributed by atoms with Crippen molar-refractivity contribution in [3.05, 3.63) is 17.9 Å². The zero-order valence-corrected chi connectivity index (χ0v) is 11.0. The number of amides is 1. The van der Waals surface area contributed by atoms with Crippen LogP contribution in [0.15, 0.2) is 12.1 Å². The Kier molecular flexibility index (Phi) is 4.36. The van der Waals surface area contributed by atoms with E-state index in [1.807, 2.05) is 0 Å². The smallest absolute Gasteiger partial charge is 0.241 e. The first-order valence-corrected chi connectivity index (χ1v) is 5.41. The van der Waals surface area contributed by atoms with E-state index in [-0.39, 0.29) is 23.9 Å². The molecule has 0 aliphatic carbocycles. The average Bonchev–Trinajstić information content (AvgIpc) is 2.28. The summed E-state index contributed by atoms with van der Waals surface area (Å²) in [6.07, 6.45) is 0. The van der Waals surface area contributed by atoms with Crippen LogP contribution in [0.5, 0.6) is 5.75 Å². The van der Waals surface area contributed by atoms with Crippen LogP contribution in [0, 0.1) is 5.82 Å². The SMILES string of the molecule is COc1cc(N(C)CC(=O)N(C)C)c(N)cc1F. The Morgan fingerprint density at radius 1 is 1.39 bits per heavy atom. The lowest BCUT2D eigenvalue weighted by Crippen LogP contribution is -2.34. The van der Waals surface area contributed by atoms with E-state index in [0.29, 0.717) is 5.69 Å². The Hall–Kier alpha value is -1.98. The maximum atomic E-state index is 13.4. The zero-order valence-electron chi connectivity index (χ0n) is 11.0. The fourth-order valence-corrected chi connectivity index (χ4v) is 1.47. The molecule has 0 atom stereocenters. The molecule has 100 valence electrons. The van der Waals surface area contributed by atoms with Crippen LogP contribution in [0.3, 0.4) is 0 Å². The summed E-state index contributed by atoms with van der Waals surface area (Å²) in [6.45, 7) is 0.159. The van der Waals surface area contributed by atoms with Crippen molar-refractivity contribution in [3.63, 3.8) is 0 Å². The number of likely N-dealkylation sites (N-methyl/N-ethyl adjacent to an activating group) is 2. The molecule has 0 bridgehead atoms. The van der Waals surface area contributed by atoms with E-state index in [4.69, 9.17) is 10.5 Å². The molecule has 6 heteroatoms. The van der Waals surface area contributed by atoms with Gasteiger partial charge in [0.1, 0.15) is 0 Å². The number of nitrogens with two attached hydrogens (primary N) is 1. The molecule has 18 heavy (non-hydrogen) atoms. The highest BCUT2D eigenvalue weighted by atomic mass is 19.1. The Labute approximate surface area is 106 Å². The summed E-state index contributed by atoms with van der Waals surface area (Å²) in [4.78, 5) is 14.7. The highest BCUT2D eigenvalue weighted by Gasteiger charge is 2.14. The van der Waals surface area contributed by atoms with Crippen molar-refractivity contribution in [1.29, 1.82) is 0 Å². The molecule has 1 aromatic carbocycles. The zero-order chi connectivity index (χ0) is 13.9. The van der Waals surface area contributed by atoms with Gasteiger partial charge in [-0.3, -0.25) is 4.79 Å². The van der Waals surface area contributed by atoms with Gasteiger partial charge >= 0.3 is 0 Å². The van der Waals surface area contributed by atoms with E-state index in [0.717, 1.165) is 0 Å². The summed E-state index contributed by atoms with van der Waals surface area (Å²) in [6, 6.07) is 2.67. The molecular formula is C12H18FN3O2. The number of nitrogen functional groups attached to an aromatic ring is 1. The van der Waals surface area contributed by atoms with Crippen LogP contribution in [-0.2, 0) is 4.79 Å². The van der Waals surface area contributed by atoms with Gasteiger partial charge in [0.2, 0.25) is 5.91 Å². The second-order valence-electron chi connectivity index (χ2n) is 4.19. The molecule has 0 radical (unpaired) electrons. The quantitative estimate of drug-likeness (QED) is 0.813. The maximum absolute atomic E-state index is 13.4. The number of hydrogen-bond donors (Lipinski definition) is 1. The van der Waals surface area contributed by atoms with Crippen molar-refractivity contribution in [3.8, 4) is 5.75 Å². The molecule has 0 saturated heterocycles. The van der Waals surface area contributed by atoms with Crippen LogP contribution in [0.4, 0.5) is 15.8 Å². The normalized spacial score (nSPS) is 10.1. The standard InChI is InChI=1S/C12H18FN3O2/c1-15(2)12(17)7-16(3)10-6-11(18-4)8(13)5-9(10)14/h5-6H,7,14H2,1-4H3. The van der Waals surface area contributed by atoms with E-state index < -0.39 is 5.82 Å². The average molecular weight is 255 g/mol. The molecule has 5 nitrogen and oxygen atoms in total. The van der Waals surface area contributed by atoms with Gasteiger partial charge in [-0.2, -0.15) is 0 Å². The number of ether oxygens (including phenoxy) is 1. The summed E-state index contributed by atoms with van der Waals surface area (Å²) in [5.74, 6) is -0.491. The number of halogens is 1. The number of carbonyl (C=O) groups excluding carboxylic acids is 1. The summed E-state index contributed by atoms with van der Waals surface area (Å²) >= 11 is 0. The van der Waals surface area contributed by atoms with Gasteiger partial charge in [0, 0.05) is 33.3 Å². The number of methoxy groups -OCH3 is 1. The highest BCUT2D eigenvalue weighted by Crippen LogP contribution is 2.30. The minimum absolute atomic E-state index is 0.0693. The Morgan fingerprint density at radius 3 is 2.50 bits per heavy atom. The second kappa shape index (κ2) is 5.57. The molecule has 0 unspecified atom stereocenters. The fourth-order valence-electron chi connectivity index (χ4n) is 1.47. The van der Waals surface area contributed by atoms with Crippen molar-refractivity contribution < 1.29 is 13.9 Å². The number of nitrogens with zero attached hydrogens (tertiary/aromatic N) is 2. The first kappa shape index (κ1) is 14.1. The van der Waals surface area contributed by atoms with Crippen LogP contribution < -0.4 is 15.4 Å². The van der Waals surface area contributed by atoms with Gasteiger partial charge < -0.3 is 20.3 Å². The van der Waals surface area contributed by atoms with Crippen molar-refractivity contribution in [2.75, 3.05) is 45.4 Å². The molecule has 2 N–H and O–H groups in total. The number of anilines is 2. The molecule has 0 saturated carbocycles. The number of carbonyl (C=O) groups is 1. The molecule has 1 amide bonds. The van der Waals surface area contributed by atoms with Gasteiger partial charge in [0.25, 0.3) is 0 Å². The largest absolute Gasteiger partial charge is 0.494 e. The monoisotopic (exact) mass is 255 g/mol. The molecule has 0 fully saturated rings. The predicted octanol–water partition coefficient (Wildman–Crippen LogP) is 0.941. The molecule has 0 aliphatic rings. The Bertz CT molecular complexity index is 449. The predicted molar refractivity (Wildman–Crippen MR) is 69.3 cm³/mol. The number of benzene rings is 1. The number of hydrogen-bond acceptors (Lipinski definition) is 4. The lowest BCUT2D eigenvalue weighted by atomic mass is 10.2. The molecule has 1 aromatic rings. The lowest BCUT2D eigenvalue weighted by Gasteiger charge is -2.23. The molecule has 0 aliphatic heterocycles. The van der Waals surface area contributed by atoms with E-state index >= 15 is 0 Å². The van der Waals surface area contributed by atoms with Gasteiger partial charge in [-0.1, -0.05) is 0 Å². The Morgan fingerprint density at radius 2 is 2.00 bits per heavy atom. The fraction of sp³-hybridized carbons (Fsp3) is 0.417. The first-order chi connectivity index (χ1) is 8.36. The Balaban J connectivity index is 2.98. The molecule has 0 heterocycles. The minimum atomic E-state index is -0.522. The molecule has 0 aromatic heterocycles. The van der Waals surface area contributed by atoms with E-state index in [1.165, 1.54) is 24.1 Å². The summed E-state index contributed by atoms with van der Waals surface area (Å²) in [5.41, 5.74) is 6.56. The van der Waals surface area contributed by atoms with Gasteiger partial charge in [0.15, 0.2) is 11.6 Å². The van der Waals surface area contributed by atoms with Gasteiger partial charge in [0.05, 0.1) is 25.0 Å². The first-order valence-electron chi connectivity index (χ1n) is 5.41. The number of rotatable bonds is 4. The third kappa shape index (κ3) is 3.03. The molecule has 0 spiro atoms. The summed E-state index contributed by atoms with van der Waals surface area (Å²) in [7, 11) is 6.43. The van der Waals surface area contributed by atoms with Crippen LogP contribution in [0.1, 0.15) is 0 Å². The maximum Gasteiger partial charge on any atom is 0.241 e. The van der Waals surface area contributed by atoms with Crippen LogP contribution in [0.25, 0.3) is 0 Å². The van der Waals surface area contributed by atoms with Crippen molar-refractivity contribution in [1.82, 2.24) is 4.90 Å². The van der Waals surface area contributed by atoms with Crippen LogP contribution in [0.2, 0.25) is 0 Å². The van der Waals surface area contributed by atoms with E-state index in [2.05, 4.69) is 0 Å². The molecule has 1 rings (SSSR count). The minimum Gasteiger partial charge on any atom is -0.494 e. The highest BCUT2D eigenvalue weighted by molar-refractivity contribution is 5.83. The lowest BCUT2D eigenvalue weighted by molar-refractivity contribution is -0.127. The summed E-state index contributed by atoms with van der Waals surface area (Å²) in [5, 5.41) is 0. The van der Waals surface area contributed by atoms with Crippen LogP contribution in [-0.4, -0.2) is 45.6 Å². The molecular weight excluding hydrogens is 237 g/mol. The van der Waals surface area contributed by atoms with Crippen molar-refractivity contribution in [2.45, 2.75) is 0 Å². The van der Waals surface area contributed by atoms with E-state index in [9.17, 15) is 9.18 Å². The van der Waals surface area contributed by atoms with Crippen molar-refractivity contribution in [2.24, 2.45) is 0 Å².